The minimum absolute atomic E-state index is 0.167. The van der Waals surface area contributed by atoms with E-state index in [1.807, 2.05) is 0 Å². The number of halogens is 1. The highest BCUT2D eigenvalue weighted by atomic mass is 32.3. The third kappa shape index (κ3) is 4.49. The van der Waals surface area contributed by atoms with Gasteiger partial charge in [-0.05, 0) is 36.2 Å². The number of hydrogen-bond donors (Lipinski definition) is 2. The number of aliphatic hydroxyl groups is 1. The highest BCUT2D eigenvalue weighted by molar-refractivity contribution is 7.86. The molecule has 2 aromatic carbocycles. The molecule has 2 aromatic rings. The molecule has 2 N–H and O–H groups in total. The summed E-state index contributed by atoms with van der Waals surface area (Å²) in [5.41, 5.74) is 1.38. The molecule has 0 aromatic heterocycles. The largest absolute Gasteiger partial charge is 0.391 e. The number of nitrogens with one attached hydrogen (secondary N) is 1. The maximum atomic E-state index is 12.8. The molecule has 0 fully saturated rings. The van der Waals surface area contributed by atoms with Crippen molar-refractivity contribution in [2.75, 3.05) is 11.9 Å². The Morgan fingerprint density at radius 1 is 1.17 bits per heavy atom. The lowest BCUT2D eigenvalue weighted by Gasteiger charge is -2.08. The second-order valence-electron chi connectivity index (χ2n) is 5.02. The van der Waals surface area contributed by atoms with Gasteiger partial charge in [0.1, 0.15) is 0 Å². The molecule has 0 heterocycles. The molecule has 0 spiro atoms. The first kappa shape index (κ1) is 17.8. The molecular formula is C15H15FN2O5S. The summed E-state index contributed by atoms with van der Waals surface area (Å²) < 4.78 is 34.2. The van der Waals surface area contributed by atoms with Gasteiger partial charge in [0.15, 0.2) is 0 Å². The van der Waals surface area contributed by atoms with Crippen LogP contribution in [0.25, 0.3) is 0 Å². The van der Waals surface area contributed by atoms with Crippen molar-refractivity contribution < 1.29 is 22.3 Å². The number of hydrogen-bond acceptors (Lipinski definition) is 6. The van der Waals surface area contributed by atoms with Gasteiger partial charge in [0.25, 0.3) is 5.69 Å². The van der Waals surface area contributed by atoms with Gasteiger partial charge in [0.05, 0.1) is 22.0 Å². The molecule has 0 aliphatic rings. The van der Waals surface area contributed by atoms with Crippen molar-refractivity contribution in [3.05, 3.63) is 63.7 Å². The van der Waals surface area contributed by atoms with Crippen LogP contribution in [0, 0.1) is 10.1 Å². The number of nitro groups is 1. The van der Waals surface area contributed by atoms with E-state index in [2.05, 4.69) is 5.32 Å². The molecule has 0 unspecified atom stereocenters. The molecule has 0 amide bonds. The fourth-order valence-electron chi connectivity index (χ4n) is 2.15. The Kier molecular flexibility index (Phi) is 5.47. The summed E-state index contributed by atoms with van der Waals surface area (Å²) in [6.07, 6.45) is 0.516. The van der Waals surface area contributed by atoms with Gasteiger partial charge < -0.3 is 10.4 Å². The summed E-state index contributed by atoms with van der Waals surface area (Å²) in [7, 11) is -4.70. The molecule has 0 saturated heterocycles. The first-order valence-corrected chi connectivity index (χ1v) is 8.35. The third-order valence-corrected chi connectivity index (χ3v) is 4.24. The third-order valence-electron chi connectivity index (χ3n) is 3.40. The Balaban J connectivity index is 1.99. The lowest BCUT2D eigenvalue weighted by Crippen LogP contribution is -2.06. The number of benzene rings is 2. The Morgan fingerprint density at radius 3 is 2.38 bits per heavy atom. The summed E-state index contributed by atoms with van der Waals surface area (Å²) >= 11 is 0. The number of anilines is 1. The highest BCUT2D eigenvalue weighted by Crippen LogP contribution is 2.23. The molecular weight excluding hydrogens is 339 g/mol. The number of aliphatic hydroxyl groups excluding tert-OH is 1. The molecule has 0 aliphatic carbocycles. The quantitative estimate of drug-likeness (QED) is 0.449. The molecule has 9 heteroatoms. The van der Waals surface area contributed by atoms with Gasteiger partial charge in [-0.15, -0.1) is 3.89 Å². The van der Waals surface area contributed by atoms with Crippen molar-refractivity contribution in [3.63, 3.8) is 0 Å². The van der Waals surface area contributed by atoms with E-state index in [1.54, 1.807) is 6.07 Å². The smallest absolute Gasteiger partial charge is 0.332 e. The summed E-state index contributed by atoms with van der Waals surface area (Å²) in [6.45, 7) is 0.0256. The topological polar surface area (TPSA) is 110 Å². The van der Waals surface area contributed by atoms with Crippen LogP contribution in [0.2, 0.25) is 0 Å². The van der Waals surface area contributed by atoms with Crippen LogP contribution in [-0.2, 0) is 23.3 Å². The van der Waals surface area contributed by atoms with Crippen LogP contribution in [0.3, 0.4) is 0 Å². The second-order valence-corrected chi connectivity index (χ2v) is 6.36. The van der Waals surface area contributed by atoms with Crippen LogP contribution >= 0.6 is 0 Å². The molecule has 2 rings (SSSR count). The van der Waals surface area contributed by atoms with Crippen LogP contribution in [0.5, 0.6) is 0 Å². The van der Waals surface area contributed by atoms with E-state index in [4.69, 9.17) is 5.11 Å². The first-order chi connectivity index (χ1) is 11.3. The van der Waals surface area contributed by atoms with E-state index in [0.29, 0.717) is 18.7 Å². The average molecular weight is 354 g/mol. The van der Waals surface area contributed by atoms with Gasteiger partial charge in [0, 0.05) is 18.3 Å². The summed E-state index contributed by atoms with van der Waals surface area (Å²) in [5, 5.41) is 23.0. The van der Waals surface area contributed by atoms with Crippen LogP contribution < -0.4 is 5.32 Å². The van der Waals surface area contributed by atoms with E-state index < -0.39 is 26.6 Å². The predicted octanol–water partition coefficient (Wildman–Crippen LogP) is 2.40. The molecule has 128 valence electrons. The minimum atomic E-state index is -4.70. The molecule has 0 radical (unpaired) electrons. The lowest BCUT2D eigenvalue weighted by molar-refractivity contribution is -0.385. The normalized spacial score (nSPS) is 11.2. The zero-order valence-corrected chi connectivity index (χ0v) is 13.3. The number of nitro benzene ring substituents is 1. The van der Waals surface area contributed by atoms with Crippen LogP contribution in [0.1, 0.15) is 11.1 Å². The van der Waals surface area contributed by atoms with Gasteiger partial charge in [-0.25, -0.2) is 0 Å². The fraction of sp³-hybridized carbons (Fsp3) is 0.200. The Morgan fingerprint density at radius 2 is 1.83 bits per heavy atom. The van der Waals surface area contributed by atoms with Crippen molar-refractivity contribution in [2.45, 2.75) is 17.9 Å². The molecule has 7 nitrogen and oxygen atoms in total. The van der Waals surface area contributed by atoms with Crippen molar-refractivity contribution >= 4 is 21.6 Å². The summed E-state index contributed by atoms with van der Waals surface area (Å²) in [5.74, 6) is 0. The fourth-order valence-corrected chi connectivity index (χ4v) is 2.61. The Bertz CT molecular complexity index is 837. The summed E-state index contributed by atoms with van der Waals surface area (Å²) in [6, 6.07) is 9.82. The lowest BCUT2D eigenvalue weighted by atomic mass is 10.1. The van der Waals surface area contributed by atoms with Gasteiger partial charge in [-0.3, -0.25) is 10.1 Å². The van der Waals surface area contributed by atoms with Gasteiger partial charge in [-0.2, -0.15) is 8.42 Å². The Hall–Kier alpha value is -2.52. The monoisotopic (exact) mass is 354 g/mol. The predicted molar refractivity (Wildman–Crippen MR) is 85.9 cm³/mol. The first-order valence-electron chi connectivity index (χ1n) is 6.97. The van der Waals surface area contributed by atoms with Gasteiger partial charge in [-0.1, -0.05) is 12.1 Å². The van der Waals surface area contributed by atoms with E-state index in [0.717, 1.165) is 5.56 Å². The standard InChI is InChI=1S/C15H15FN2O5S/c16-24(22,23)14-5-1-11(2-6-14)7-8-17-13-4-3-12(10-19)15(9-13)18(20)21/h1-6,9,17,19H,7-8,10H2. The van der Waals surface area contributed by atoms with Crippen LogP contribution in [0.4, 0.5) is 15.3 Å². The van der Waals surface area contributed by atoms with Crippen molar-refractivity contribution in [2.24, 2.45) is 0 Å². The van der Waals surface area contributed by atoms with Crippen molar-refractivity contribution in [3.8, 4) is 0 Å². The van der Waals surface area contributed by atoms with Crippen molar-refractivity contribution in [1.82, 2.24) is 0 Å². The zero-order chi connectivity index (χ0) is 17.7. The van der Waals surface area contributed by atoms with E-state index >= 15 is 0 Å². The van der Waals surface area contributed by atoms with E-state index in [-0.39, 0.29) is 11.3 Å². The van der Waals surface area contributed by atoms with Gasteiger partial charge >= 0.3 is 10.2 Å². The van der Waals surface area contributed by atoms with E-state index in [1.165, 1.54) is 36.4 Å². The van der Waals surface area contributed by atoms with E-state index in [9.17, 15) is 22.4 Å². The maximum Gasteiger partial charge on any atom is 0.332 e. The molecule has 0 bridgehead atoms. The van der Waals surface area contributed by atoms with Crippen LogP contribution in [0.15, 0.2) is 47.4 Å². The highest BCUT2D eigenvalue weighted by Gasteiger charge is 2.14. The number of rotatable bonds is 7. The Labute approximate surface area is 138 Å². The number of nitrogens with zero attached hydrogens (tertiary/aromatic N) is 1. The maximum absolute atomic E-state index is 12.8. The summed E-state index contributed by atoms with van der Waals surface area (Å²) in [4.78, 5) is 9.97. The second kappa shape index (κ2) is 7.37. The molecule has 0 saturated carbocycles. The zero-order valence-electron chi connectivity index (χ0n) is 12.5. The molecule has 0 atom stereocenters. The minimum Gasteiger partial charge on any atom is -0.391 e. The van der Waals surface area contributed by atoms with Crippen molar-refractivity contribution in [1.29, 1.82) is 0 Å². The molecule has 24 heavy (non-hydrogen) atoms. The van der Waals surface area contributed by atoms with Crippen LogP contribution in [-0.4, -0.2) is 25.0 Å². The SMILES string of the molecule is O=[N+]([O-])c1cc(NCCc2ccc(S(=O)(=O)F)cc2)ccc1CO. The average Bonchev–Trinajstić information content (AvgIpc) is 2.54. The molecule has 0 aliphatic heterocycles. The van der Waals surface area contributed by atoms with Gasteiger partial charge in [0.2, 0.25) is 0 Å².